The molecule has 0 fully saturated rings. The summed E-state index contributed by atoms with van der Waals surface area (Å²) in [5.74, 6) is -2.65. The van der Waals surface area contributed by atoms with E-state index >= 15 is 0 Å². The highest BCUT2D eigenvalue weighted by molar-refractivity contribution is 6.34. The maximum atomic E-state index is 14.7. The predicted octanol–water partition coefficient (Wildman–Crippen LogP) is 3.22. The molecule has 0 bridgehead atoms. The first-order valence-electron chi connectivity index (χ1n) is 8.37. The van der Waals surface area contributed by atoms with Crippen LogP contribution in [0.25, 0.3) is 11.1 Å². The lowest BCUT2D eigenvalue weighted by Crippen LogP contribution is -2.43. The van der Waals surface area contributed by atoms with E-state index in [2.05, 4.69) is 4.98 Å². The van der Waals surface area contributed by atoms with E-state index in [0.29, 0.717) is 5.56 Å². The van der Waals surface area contributed by atoms with Crippen LogP contribution in [0.5, 0.6) is 11.6 Å². The van der Waals surface area contributed by atoms with Crippen LogP contribution in [0.1, 0.15) is 15.9 Å². The fourth-order valence-electron chi connectivity index (χ4n) is 3.19. The Morgan fingerprint density at radius 2 is 1.86 bits per heavy atom. The number of primary amides is 1. The molecular formula is C20H15ClFN3O3. The second-order valence-corrected chi connectivity index (χ2v) is 6.58. The van der Waals surface area contributed by atoms with Crippen LogP contribution in [-0.2, 0) is 5.79 Å². The highest BCUT2D eigenvalue weighted by atomic mass is 35.5. The Labute approximate surface area is 164 Å². The van der Waals surface area contributed by atoms with Gasteiger partial charge in [-0.25, -0.2) is 9.37 Å². The zero-order chi connectivity index (χ0) is 19.9. The van der Waals surface area contributed by atoms with Crippen molar-refractivity contribution < 1.29 is 18.7 Å². The van der Waals surface area contributed by atoms with Crippen molar-refractivity contribution in [1.29, 1.82) is 0 Å². The van der Waals surface area contributed by atoms with Crippen LogP contribution >= 0.6 is 11.6 Å². The first kappa shape index (κ1) is 18.2. The molecule has 3 aromatic rings. The molecule has 28 heavy (non-hydrogen) atoms. The third-order valence-electron chi connectivity index (χ3n) is 4.50. The van der Waals surface area contributed by atoms with E-state index in [4.69, 9.17) is 32.5 Å². The molecule has 1 aromatic heterocycles. The Hall–Kier alpha value is -3.16. The zero-order valence-electron chi connectivity index (χ0n) is 14.5. The smallest absolute Gasteiger partial charge is 0.292 e. The third kappa shape index (κ3) is 2.76. The fraction of sp³-hybridized carbons (Fsp3) is 0.100. The van der Waals surface area contributed by atoms with Crippen molar-refractivity contribution in [2.75, 3.05) is 6.54 Å². The van der Waals surface area contributed by atoms with E-state index < -0.39 is 17.5 Å². The molecule has 2 heterocycles. The van der Waals surface area contributed by atoms with Crippen molar-refractivity contribution >= 4 is 17.5 Å². The Morgan fingerprint density at radius 3 is 2.54 bits per heavy atom. The molecule has 0 aliphatic carbocycles. The molecule has 0 saturated heterocycles. The molecule has 1 unspecified atom stereocenters. The summed E-state index contributed by atoms with van der Waals surface area (Å²) in [6, 6.07) is 13.0. The first-order chi connectivity index (χ1) is 13.5. The van der Waals surface area contributed by atoms with Crippen molar-refractivity contribution in [2.24, 2.45) is 11.5 Å². The lowest BCUT2D eigenvalue weighted by molar-refractivity contribution is -0.0783. The molecule has 0 saturated carbocycles. The summed E-state index contributed by atoms with van der Waals surface area (Å²) < 4.78 is 26.7. The van der Waals surface area contributed by atoms with Crippen molar-refractivity contribution in [3.8, 4) is 22.8 Å². The van der Waals surface area contributed by atoms with E-state index in [9.17, 15) is 9.18 Å². The molecule has 0 radical (unpaired) electrons. The largest absolute Gasteiger partial charge is 0.441 e. The second kappa shape index (κ2) is 6.78. The molecule has 1 aliphatic rings. The molecule has 142 valence electrons. The van der Waals surface area contributed by atoms with Gasteiger partial charge in [-0.3, -0.25) is 4.79 Å². The van der Waals surface area contributed by atoms with Crippen LogP contribution in [0.2, 0.25) is 5.02 Å². The van der Waals surface area contributed by atoms with Gasteiger partial charge in [-0.15, -0.1) is 0 Å². The number of pyridine rings is 1. The van der Waals surface area contributed by atoms with Gasteiger partial charge in [0, 0.05) is 11.1 Å². The van der Waals surface area contributed by atoms with Crippen molar-refractivity contribution in [1.82, 2.24) is 4.98 Å². The van der Waals surface area contributed by atoms with Crippen LogP contribution in [0.4, 0.5) is 4.39 Å². The minimum absolute atomic E-state index is 0.0373. The zero-order valence-corrected chi connectivity index (χ0v) is 15.2. The normalized spacial score (nSPS) is 17.5. The lowest BCUT2D eigenvalue weighted by Gasteiger charge is -2.26. The van der Waals surface area contributed by atoms with Crippen LogP contribution in [-0.4, -0.2) is 17.4 Å². The Morgan fingerprint density at radius 1 is 1.11 bits per heavy atom. The van der Waals surface area contributed by atoms with E-state index in [1.54, 1.807) is 12.1 Å². The average molecular weight is 400 g/mol. The van der Waals surface area contributed by atoms with Crippen molar-refractivity contribution in [2.45, 2.75) is 5.79 Å². The molecule has 0 spiro atoms. The number of ether oxygens (including phenoxy) is 2. The summed E-state index contributed by atoms with van der Waals surface area (Å²) in [4.78, 5) is 16.0. The van der Waals surface area contributed by atoms with Gasteiger partial charge in [-0.1, -0.05) is 48.0 Å². The molecule has 1 aliphatic heterocycles. The monoisotopic (exact) mass is 399 g/mol. The van der Waals surface area contributed by atoms with E-state index in [1.165, 1.54) is 24.4 Å². The summed E-state index contributed by atoms with van der Waals surface area (Å²) in [7, 11) is 0. The van der Waals surface area contributed by atoms with E-state index in [-0.39, 0.29) is 39.9 Å². The lowest BCUT2D eigenvalue weighted by atomic mass is 9.98. The maximum Gasteiger partial charge on any atom is 0.292 e. The average Bonchev–Trinajstić information content (AvgIpc) is 3.09. The van der Waals surface area contributed by atoms with Crippen LogP contribution in [0, 0.1) is 5.82 Å². The second-order valence-electron chi connectivity index (χ2n) is 6.17. The van der Waals surface area contributed by atoms with Gasteiger partial charge in [0.05, 0.1) is 28.9 Å². The molecule has 1 atom stereocenters. The van der Waals surface area contributed by atoms with Crippen LogP contribution < -0.4 is 20.9 Å². The van der Waals surface area contributed by atoms with Crippen molar-refractivity contribution in [3.05, 3.63) is 76.7 Å². The van der Waals surface area contributed by atoms with Gasteiger partial charge in [0.2, 0.25) is 5.91 Å². The number of benzene rings is 2. The number of rotatable bonds is 4. The van der Waals surface area contributed by atoms with Gasteiger partial charge in [-0.2, -0.15) is 0 Å². The van der Waals surface area contributed by atoms with Gasteiger partial charge >= 0.3 is 0 Å². The molecule has 8 heteroatoms. The summed E-state index contributed by atoms with van der Waals surface area (Å²) in [6.07, 6.45) is 1.30. The Kier molecular flexibility index (Phi) is 4.41. The number of hydrogen-bond acceptors (Lipinski definition) is 5. The number of nitrogens with zero attached hydrogens (tertiary/aromatic N) is 1. The maximum absolute atomic E-state index is 14.7. The predicted molar refractivity (Wildman–Crippen MR) is 102 cm³/mol. The molecule has 6 nitrogen and oxygen atoms in total. The number of carbonyl (C=O) groups excluding carboxylic acids is 1. The number of halogens is 2. The standard InChI is InChI=1S/C20H15ClFN3O3/c21-13-9-25-19-17(16(13)15-12(18(24)26)7-4-8-14(15)22)27-20(10-23,28-19)11-5-2-1-3-6-11/h1-9H,10,23H2,(H2,24,26). The van der Waals surface area contributed by atoms with Crippen molar-refractivity contribution in [3.63, 3.8) is 0 Å². The van der Waals surface area contributed by atoms with Gasteiger partial charge in [0.15, 0.2) is 5.75 Å². The van der Waals surface area contributed by atoms with Gasteiger partial charge in [0.25, 0.3) is 11.7 Å². The van der Waals surface area contributed by atoms with Crippen LogP contribution in [0.15, 0.2) is 54.7 Å². The minimum Gasteiger partial charge on any atom is -0.441 e. The number of carbonyl (C=O) groups is 1. The summed E-state index contributed by atoms with van der Waals surface area (Å²) in [6.45, 7) is -0.0373. The molecule has 2 aromatic carbocycles. The van der Waals surface area contributed by atoms with Gasteiger partial charge < -0.3 is 20.9 Å². The highest BCUT2D eigenvalue weighted by Gasteiger charge is 2.45. The Balaban J connectivity index is 1.94. The summed E-state index contributed by atoms with van der Waals surface area (Å²) in [5.41, 5.74) is 12.1. The molecule has 1 amide bonds. The number of amides is 1. The number of hydrogen-bond donors (Lipinski definition) is 2. The van der Waals surface area contributed by atoms with Gasteiger partial charge in [0.1, 0.15) is 5.82 Å². The number of aromatic nitrogens is 1. The summed E-state index contributed by atoms with van der Waals surface area (Å²) >= 11 is 6.33. The molecular weight excluding hydrogens is 385 g/mol. The van der Waals surface area contributed by atoms with Gasteiger partial charge in [-0.05, 0) is 12.1 Å². The number of fused-ring (bicyclic) bond motifs is 1. The first-order valence-corrected chi connectivity index (χ1v) is 8.75. The third-order valence-corrected chi connectivity index (χ3v) is 4.78. The van der Waals surface area contributed by atoms with E-state index in [1.807, 2.05) is 18.2 Å². The van der Waals surface area contributed by atoms with Crippen LogP contribution in [0.3, 0.4) is 0 Å². The quantitative estimate of drug-likeness (QED) is 0.701. The highest BCUT2D eigenvalue weighted by Crippen LogP contribution is 2.51. The SMILES string of the molecule is NCC1(c2ccccc2)Oc2ncc(Cl)c(-c3c(F)cccc3C(N)=O)c2O1. The number of nitrogens with two attached hydrogens (primary N) is 2. The fourth-order valence-corrected chi connectivity index (χ4v) is 3.42. The minimum atomic E-state index is -1.35. The topological polar surface area (TPSA) is 100 Å². The summed E-state index contributed by atoms with van der Waals surface area (Å²) in [5, 5.41) is 0.0795. The molecule has 4 N–H and O–H groups in total. The molecule has 4 rings (SSSR count). The Bertz CT molecular complexity index is 1080. The van der Waals surface area contributed by atoms with E-state index in [0.717, 1.165) is 0 Å².